The van der Waals surface area contributed by atoms with Gasteiger partial charge >= 0.3 is 6.03 Å². The molecule has 0 aromatic heterocycles. The first-order valence-corrected chi connectivity index (χ1v) is 22.7. The average Bonchev–Trinajstić information content (AvgIpc) is 3.61. The molecule has 2 aliphatic carbocycles. The minimum atomic E-state index is -3.78. The number of rotatable bonds is 16. The molecule has 4 aliphatic rings. The predicted molar refractivity (Wildman–Crippen MR) is 228 cm³/mol. The number of likely N-dealkylation sites (tertiary alicyclic amines) is 1. The number of fused-ring (bicyclic) bond motifs is 1. The van der Waals surface area contributed by atoms with Crippen LogP contribution in [-0.4, -0.2) is 115 Å². The molecule has 0 radical (unpaired) electrons. The van der Waals surface area contributed by atoms with Gasteiger partial charge in [-0.05, 0) is 66.1 Å². The first-order valence-electron chi connectivity index (χ1n) is 21.3. The van der Waals surface area contributed by atoms with Crippen LogP contribution in [-0.2, 0) is 47.0 Å². The van der Waals surface area contributed by atoms with E-state index in [1.807, 2.05) is 45.9 Å². The predicted octanol–water partition coefficient (Wildman–Crippen LogP) is 3.55. The Hall–Kier alpha value is -4.57. The van der Waals surface area contributed by atoms with E-state index in [-0.39, 0.29) is 49.2 Å². The molecule has 1 unspecified atom stereocenters. The smallest absolute Gasteiger partial charge is 0.315 e. The first kappa shape index (κ1) is 46.5. The van der Waals surface area contributed by atoms with E-state index in [0.29, 0.717) is 25.9 Å². The number of carbonyl (C=O) groups is 6. The Morgan fingerprint density at radius 1 is 0.933 bits per heavy atom. The van der Waals surface area contributed by atoms with Crippen LogP contribution in [0.4, 0.5) is 4.79 Å². The van der Waals surface area contributed by atoms with Gasteiger partial charge in [-0.1, -0.05) is 91.3 Å². The van der Waals surface area contributed by atoms with Gasteiger partial charge in [0.05, 0.1) is 10.9 Å². The van der Waals surface area contributed by atoms with Crippen molar-refractivity contribution in [1.82, 2.24) is 35.4 Å². The number of likely N-dealkylation sites (N-methyl/N-ethyl adjacent to an activating group) is 1. The Kier molecular flexibility index (Phi) is 14.7. The molecule has 1 aromatic rings. The molecule has 1 saturated carbocycles. The molecule has 0 bridgehead atoms. The quantitative estimate of drug-likeness (QED) is 0.182. The van der Waals surface area contributed by atoms with Crippen molar-refractivity contribution < 1.29 is 37.2 Å². The minimum Gasteiger partial charge on any atom is -0.347 e. The number of carbonyl (C=O) groups excluding carboxylic acids is 6. The van der Waals surface area contributed by atoms with Gasteiger partial charge < -0.3 is 31.1 Å². The summed E-state index contributed by atoms with van der Waals surface area (Å²) in [5.41, 5.74) is 0.817. The summed E-state index contributed by atoms with van der Waals surface area (Å²) in [4.78, 5) is 86.3. The zero-order valence-corrected chi connectivity index (χ0v) is 37.3. The van der Waals surface area contributed by atoms with Gasteiger partial charge in [0.2, 0.25) is 33.5 Å². The Bertz CT molecular complexity index is 1980. The molecule has 15 nitrogen and oxygen atoms in total. The Balaban J connectivity index is 1.35. The molecule has 2 heterocycles. The van der Waals surface area contributed by atoms with E-state index < -0.39 is 80.5 Å². The Morgan fingerprint density at radius 2 is 1.62 bits per heavy atom. The van der Waals surface area contributed by atoms with E-state index in [1.165, 1.54) is 21.8 Å². The Labute approximate surface area is 355 Å². The number of nitrogens with zero attached hydrogens (tertiary/aromatic N) is 3. The van der Waals surface area contributed by atoms with Crippen LogP contribution in [0.5, 0.6) is 0 Å². The summed E-state index contributed by atoms with van der Waals surface area (Å²) in [6, 6.07) is 3.24. The molecule has 2 aliphatic heterocycles. The summed E-state index contributed by atoms with van der Waals surface area (Å²) in [5.74, 6) is -3.16. The molecule has 5 atom stereocenters. The van der Waals surface area contributed by atoms with Crippen molar-refractivity contribution >= 4 is 45.5 Å². The molecule has 6 amide bonds. The van der Waals surface area contributed by atoms with Gasteiger partial charge in [0.15, 0.2) is 0 Å². The third-order valence-corrected chi connectivity index (χ3v) is 13.9. The molecule has 0 spiro atoms. The number of nitrogens with one attached hydrogen (secondary N) is 4. The molecule has 1 saturated heterocycles. The van der Waals surface area contributed by atoms with E-state index in [1.54, 1.807) is 43.9 Å². The summed E-state index contributed by atoms with van der Waals surface area (Å²) in [6.45, 7) is 13.9. The van der Waals surface area contributed by atoms with Gasteiger partial charge in [0.25, 0.3) is 5.91 Å². The van der Waals surface area contributed by atoms with Crippen LogP contribution in [0.1, 0.15) is 105 Å². The lowest BCUT2D eigenvalue weighted by atomic mass is 9.85. The standard InChI is InChI=1S/C44H65N7O8S/c1-9-14-33(37(53)40(55)45-31-19-20-31)46-39(54)34-23-28(24-36(52)50-22-21-29-15-10-11-16-30(29)26-50)25-51(34)41(56)38(44(5,6)7)48-42(57)47-35(43(2,3)4)27-49(8)60(58,59)32-17-12-13-18-32/h10-13,15-17,28,31,33-35,38H,9,14,18-27H2,1-8H3,(H,45,55)(H,46,54)(H2,47,48,57)/t28-,33?,34-,35+,38+/m0/s1. The van der Waals surface area contributed by atoms with Crippen LogP contribution in [0.15, 0.2) is 47.4 Å². The fourth-order valence-corrected chi connectivity index (χ4v) is 9.27. The maximum Gasteiger partial charge on any atom is 0.315 e. The topological polar surface area (TPSA) is 194 Å². The van der Waals surface area contributed by atoms with E-state index in [4.69, 9.17) is 0 Å². The van der Waals surface area contributed by atoms with E-state index in [9.17, 15) is 37.2 Å². The fourth-order valence-electron chi connectivity index (χ4n) is 7.97. The van der Waals surface area contributed by atoms with Gasteiger partial charge in [0.1, 0.15) is 12.1 Å². The third kappa shape index (κ3) is 11.6. The van der Waals surface area contributed by atoms with E-state index in [2.05, 4.69) is 27.3 Å². The second-order valence-corrected chi connectivity index (χ2v) is 21.1. The van der Waals surface area contributed by atoms with Crippen LogP contribution in [0.3, 0.4) is 0 Å². The monoisotopic (exact) mass is 851 g/mol. The van der Waals surface area contributed by atoms with Gasteiger partial charge in [-0.3, -0.25) is 24.0 Å². The normalized spacial score (nSPS) is 20.8. The van der Waals surface area contributed by atoms with Gasteiger partial charge in [-0.25, -0.2) is 13.2 Å². The maximum absolute atomic E-state index is 14.8. The zero-order chi connectivity index (χ0) is 44.2. The van der Waals surface area contributed by atoms with Crippen molar-refractivity contribution in [2.45, 2.75) is 137 Å². The van der Waals surface area contributed by atoms with E-state index in [0.717, 1.165) is 24.8 Å². The highest BCUT2D eigenvalue weighted by Crippen LogP contribution is 2.32. The van der Waals surface area contributed by atoms with Crippen molar-refractivity contribution in [3.8, 4) is 0 Å². The summed E-state index contributed by atoms with van der Waals surface area (Å²) in [5, 5.41) is 11.3. The van der Waals surface area contributed by atoms with Crippen molar-refractivity contribution in [2.24, 2.45) is 16.7 Å². The number of hydrogen-bond donors (Lipinski definition) is 4. The highest BCUT2D eigenvalue weighted by Gasteiger charge is 2.47. The number of sulfonamides is 1. The second-order valence-electron chi connectivity index (χ2n) is 19.0. The highest BCUT2D eigenvalue weighted by atomic mass is 32.2. The second kappa shape index (κ2) is 19.0. The van der Waals surface area contributed by atoms with Crippen LogP contribution in [0.25, 0.3) is 0 Å². The van der Waals surface area contributed by atoms with Gasteiger partial charge in [0, 0.05) is 58.2 Å². The lowest BCUT2D eigenvalue weighted by Gasteiger charge is -2.38. The lowest BCUT2D eigenvalue weighted by molar-refractivity contribution is -0.144. The highest BCUT2D eigenvalue weighted by molar-refractivity contribution is 7.93. The summed E-state index contributed by atoms with van der Waals surface area (Å²) >= 11 is 0. The van der Waals surface area contributed by atoms with Gasteiger partial charge in [-0.15, -0.1) is 0 Å². The van der Waals surface area contributed by atoms with Crippen molar-refractivity contribution in [1.29, 1.82) is 0 Å². The van der Waals surface area contributed by atoms with Crippen LogP contribution in [0.2, 0.25) is 0 Å². The molecule has 2 fully saturated rings. The lowest BCUT2D eigenvalue weighted by Crippen LogP contribution is -2.62. The SMILES string of the molecule is CCCC(NC(=O)[C@@H]1C[C@@H](CC(=O)N2CCc3ccccc3C2)CN1C(=O)[C@@H](NC(=O)N[C@H](CN(C)S(=O)(=O)C1=CC=CC1)C(C)(C)C)C(C)(C)C)C(=O)C(=O)NC1CC1. The molecule has 16 heteroatoms. The molecule has 1 aromatic carbocycles. The van der Waals surface area contributed by atoms with Crippen molar-refractivity contribution in [3.05, 3.63) is 58.5 Å². The average molecular weight is 852 g/mol. The van der Waals surface area contributed by atoms with Crippen molar-refractivity contribution in [3.63, 3.8) is 0 Å². The summed E-state index contributed by atoms with van der Waals surface area (Å²) < 4.78 is 27.8. The molecule has 330 valence electrons. The molecule has 60 heavy (non-hydrogen) atoms. The van der Waals surface area contributed by atoms with Gasteiger partial charge in [-0.2, -0.15) is 4.31 Å². The molecule has 4 N–H and O–H groups in total. The molecule has 5 rings (SSSR count). The number of benzene rings is 1. The Morgan fingerprint density at radius 3 is 2.22 bits per heavy atom. The van der Waals surface area contributed by atoms with Crippen LogP contribution in [0, 0.1) is 16.7 Å². The number of Topliss-reactive ketones (excluding diaryl/α,β-unsaturated/α-hetero) is 1. The first-order chi connectivity index (χ1) is 28.1. The maximum atomic E-state index is 14.8. The largest absolute Gasteiger partial charge is 0.347 e. The number of ketones is 1. The molecular formula is C44H65N7O8S. The zero-order valence-electron chi connectivity index (χ0n) is 36.5. The number of hydrogen-bond acceptors (Lipinski definition) is 8. The van der Waals surface area contributed by atoms with E-state index >= 15 is 0 Å². The fraction of sp³-hybridized carbons (Fsp3) is 0.636. The third-order valence-electron chi connectivity index (χ3n) is 11.9. The van der Waals surface area contributed by atoms with Crippen molar-refractivity contribution in [2.75, 3.05) is 26.7 Å². The number of allylic oxidation sites excluding steroid dienone is 4. The van der Waals surface area contributed by atoms with Crippen LogP contribution >= 0.6 is 0 Å². The van der Waals surface area contributed by atoms with Crippen LogP contribution < -0.4 is 21.3 Å². The minimum absolute atomic E-state index is 0.0340. The molecular weight excluding hydrogens is 787 g/mol. The number of amides is 6. The number of urea groups is 1. The summed E-state index contributed by atoms with van der Waals surface area (Å²) in [6.07, 6.45) is 8.56. The summed E-state index contributed by atoms with van der Waals surface area (Å²) in [7, 11) is -2.32.